The summed E-state index contributed by atoms with van der Waals surface area (Å²) in [6, 6.07) is 14.4. The van der Waals surface area contributed by atoms with Gasteiger partial charge in [0.05, 0.1) is 18.7 Å². The first kappa shape index (κ1) is 25.0. The smallest absolute Gasteiger partial charge is 0.324 e. The van der Waals surface area contributed by atoms with Crippen molar-refractivity contribution in [1.29, 1.82) is 0 Å². The molecular weight excluding hydrogens is 440 g/mol. The molecule has 4 atom stereocenters. The number of thioether (sulfide) groups is 1. The van der Waals surface area contributed by atoms with Gasteiger partial charge in [0.1, 0.15) is 12.1 Å². The van der Waals surface area contributed by atoms with Crippen molar-refractivity contribution in [3.63, 3.8) is 0 Å². The van der Waals surface area contributed by atoms with E-state index in [1.165, 1.54) is 0 Å². The van der Waals surface area contributed by atoms with Crippen molar-refractivity contribution in [3.8, 4) is 0 Å². The maximum absolute atomic E-state index is 13.4. The highest BCUT2D eigenvalue weighted by molar-refractivity contribution is 7.98. The number of rotatable bonds is 11. The number of carboxylic acid groups (broad SMARTS) is 1. The number of fused-ring (bicyclic) bond motifs is 1. The van der Waals surface area contributed by atoms with E-state index in [1.807, 2.05) is 54.6 Å². The topological polar surface area (TPSA) is 105 Å². The lowest BCUT2D eigenvalue weighted by atomic mass is 9.86. The predicted octanol–water partition coefficient (Wildman–Crippen LogP) is 2.74. The fourth-order valence-corrected chi connectivity index (χ4v) is 4.91. The van der Waals surface area contributed by atoms with Crippen LogP contribution < -0.4 is 10.6 Å². The third-order valence-corrected chi connectivity index (χ3v) is 6.69. The number of ether oxygens (including phenoxy) is 1. The summed E-state index contributed by atoms with van der Waals surface area (Å²) < 4.78 is 5.22. The van der Waals surface area contributed by atoms with Gasteiger partial charge in [0.25, 0.3) is 0 Å². The summed E-state index contributed by atoms with van der Waals surface area (Å²) in [5.74, 6) is -0.436. The van der Waals surface area contributed by atoms with E-state index in [2.05, 4.69) is 10.6 Å². The van der Waals surface area contributed by atoms with Crippen LogP contribution in [0.4, 0.5) is 0 Å². The van der Waals surface area contributed by atoms with E-state index >= 15 is 0 Å². The average Bonchev–Trinajstić information content (AvgIpc) is 2.82. The first-order valence-electron chi connectivity index (χ1n) is 11.1. The molecule has 0 bridgehead atoms. The first-order valence-corrected chi connectivity index (χ1v) is 12.2. The van der Waals surface area contributed by atoms with E-state index in [1.54, 1.807) is 25.6 Å². The van der Waals surface area contributed by atoms with Crippen molar-refractivity contribution in [1.82, 2.24) is 10.6 Å². The number of Topliss-reactive ketones (excluding diaryl/α,β-unsaturated/α-hetero) is 1. The summed E-state index contributed by atoms with van der Waals surface area (Å²) in [5, 5.41) is 15.6. The van der Waals surface area contributed by atoms with Crippen LogP contribution in [0.3, 0.4) is 0 Å². The lowest BCUT2D eigenvalue weighted by molar-refractivity contribution is -0.145. The zero-order valence-corrected chi connectivity index (χ0v) is 19.6. The molecule has 0 aliphatic carbocycles. The Kier molecular flexibility index (Phi) is 9.05. The van der Waals surface area contributed by atoms with Gasteiger partial charge in [0.15, 0.2) is 5.78 Å². The Labute approximate surface area is 198 Å². The van der Waals surface area contributed by atoms with Gasteiger partial charge in [0.2, 0.25) is 0 Å². The van der Waals surface area contributed by atoms with Crippen molar-refractivity contribution >= 4 is 29.5 Å². The number of nitrogens with one attached hydrogen (secondary N) is 2. The van der Waals surface area contributed by atoms with E-state index in [9.17, 15) is 19.5 Å². The molecule has 2 aromatic carbocycles. The standard InChI is InChI=1S/C25H30N2O5S/c1-3-32-25(31)21(15-33-14-17-9-5-4-6-10-17)26-16(2)23(28)22-19-12-8-7-11-18(19)13-20(27-22)24(29)30/h4-12,16,20-22,26-27H,3,13-15H2,1-2H3,(H,29,30)/t16-,20?,21?,22-/m0/s1. The number of carbonyl (C=O) groups excluding carboxylic acids is 2. The minimum absolute atomic E-state index is 0.212. The fraction of sp³-hybridized carbons (Fsp3) is 0.400. The normalized spacial score (nSPS) is 19.2. The summed E-state index contributed by atoms with van der Waals surface area (Å²) in [4.78, 5) is 37.5. The third-order valence-electron chi connectivity index (χ3n) is 5.59. The van der Waals surface area contributed by atoms with Crippen LogP contribution in [0.1, 0.15) is 36.6 Å². The summed E-state index contributed by atoms with van der Waals surface area (Å²) >= 11 is 1.58. The second kappa shape index (κ2) is 12.0. The van der Waals surface area contributed by atoms with Crippen LogP contribution in [0, 0.1) is 0 Å². The monoisotopic (exact) mass is 470 g/mol. The van der Waals surface area contributed by atoms with Gasteiger partial charge in [-0.25, -0.2) is 0 Å². The lowest BCUT2D eigenvalue weighted by Crippen LogP contribution is -2.54. The third kappa shape index (κ3) is 6.66. The van der Waals surface area contributed by atoms with Crippen molar-refractivity contribution in [2.45, 2.75) is 50.2 Å². The maximum Gasteiger partial charge on any atom is 0.324 e. The van der Waals surface area contributed by atoms with Gasteiger partial charge >= 0.3 is 11.9 Å². The highest BCUT2D eigenvalue weighted by Crippen LogP contribution is 2.27. The van der Waals surface area contributed by atoms with Gasteiger partial charge in [0, 0.05) is 11.5 Å². The first-order chi connectivity index (χ1) is 15.9. The van der Waals surface area contributed by atoms with Gasteiger partial charge in [-0.3, -0.25) is 25.0 Å². The molecule has 1 aliphatic heterocycles. The number of hydrogen-bond donors (Lipinski definition) is 3. The Balaban J connectivity index is 1.69. The van der Waals surface area contributed by atoms with Crippen LogP contribution in [0.2, 0.25) is 0 Å². The molecule has 176 valence electrons. The molecule has 2 aromatic rings. The zero-order valence-electron chi connectivity index (χ0n) is 18.8. The molecule has 0 radical (unpaired) electrons. The fourth-order valence-electron chi connectivity index (χ4n) is 3.90. The molecule has 0 fully saturated rings. The van der Waals surface area contributed by atoms with E-state index in [4.69, 9.17) is 4.74 Å². The summed E-state index contributed by atoms with van der Waals surface area (Å²) in [6.07, 6.45) is 0.318. The predicted molar refractivity (Wildman–Crippen MR) is 128 cm³/mol. The minimum Gasteiger partial charge on any atom is -0.480 e. The number of aliphatic carboxylic acids is 1. The number of carbonyl (C=O) groups is 3. The Hall–Kier alpha value is -2.68. The molecule has 0 saturated heterocycles. The maximum atomic E-state index is 13.4. The van der Waals surface area contributed by atoms with E-state index < -0.39 is 36.1 Å². The minimum atomic E-state index is -0.996. The molecule has 3 rings (SSSR count). The molecule has 0 spiro atoms. The van der Waals surface area contributed by atoms with Crippen LogP contribution >= 0.6 is 11.8 Å². The van der Waals surface area contributed by atoms with Crippen LogP contribution in [0.15, 0.2) is 54.6 Å². The zero-order chi connectivity index (χ0) is 23.8. The molecule has 1 aliphatic rings. The molecule has 2 unspecified atom stereocenters. The van der Waals surface area contributed by atoms with Crippen molar-refractivity contribution in [2.24, 2.45) is 0 Å². The van der Waals surface area contributed by atoms with Crippen molar-refractivity contribution in [3.05, 3.63) is 71.3 Å². The van der Waals surface area contributed by atoms with Gasteiger partial charge in [-0.15, -0.1) is 0 Å². The quantitative estimate of drug-likeness (QED) is 0.431. The van der Waals surface area contributed by atoms with Crippen LogP contribution in [-0.2, 0) is 31.3 Å². The number of carboxylic acids is 1. The summed E-state index contributed by atoms with van der Waals surface area (Å²) in [5.41, 5.74) is 2.77. The molecule has 7 nitrogen and oxygen atoms in total. The van der Waals surface area contributed by atoms with Crippen LogP contribution in [0.5, 0.6) is 0 Å². The average molecular weight is 471 g/mol. The van der Waals surface area contributed by atoms with Crippen molar-refractivity contribution in [2.75, 3.05) is 12.4 Å². The van der Waals surface area contributed by atoms with Gasteiger partial charge in [-0.05, 0) is 37.0 Å². The van der Waals surface area contributed by atoms with E-state index in [0.717, 1.165) is 22.4 Å². The van der Waals surface area contributed by atoms with E-state index in [0.29, 0.717) is 12.2 Å². The summed E-state index contributed by atoms with van der Waals surface area (Å²) in [6.45, 7) is 3.70. The Morgan fingerprint density at radius 2 is 1.85 bits per heavy atom. The number of hydrogen-bond acceptors (Lipinski definition) is 7. The molecule has 1 heterocycles. The number of ketones is 1. The molecule has 3 N–H and O–H groups in total. The van der Waals surface area contributed by atoms with Gasteiger partial charge in [-0.2, -0.15) is 11.8 Å². The lowest BCUT2D eigenvalue weighted by Gasteiger charge is -2.32. The van der Waals surface area contributed by atoms with Crippen LogP contribution in [-0.4, -0.2) is 53.3 Å². The highest BCUT2D eigenvalue weighted by Gasteiger charge is 2.36. The second-order valence-corrected chi connectivity index (χ2v) is 9.02. The number of benzene rings is 2. The highest BCUT2D eigenvalue weighted by atomic mass is 32.2. The van der Waals surface area contributed by atoms with Gasteiger partial charge < -0.3 is 9.84 Å². The number of esters is 1. The largest absolute Gasteiger partial charge is 0.480 e. The summed E-state index contributed by atoms with van der Waals surface area (Å²) in [7, 11) is 0. The molecular formula is C25H30N2O5S. The van der Waals surface area contributed by atoms with Crippen molar-refractivity contribution < 1.29 is 24.2 Å². The molecule has 33 heavy (non-hydrogen) atoms. The Morgan fingerprint density at radius 3 is 2.55 bits per heavy atom. The van der Waals surface area contributed by atoms with Crippen LogP contribution in [0.25, 0.3) is 0 Å². The molecule has 8 heteroatoms. The molecule has 0 aromatic heterocycles. The van der Waals surface area contributed by atoms with E-state index in [-0.39, 0.29) is 12.4 Å². The molecule has 0 amide bonds. The Bertz CT molecular complexity index is 968. The Morgan fingerprint density at radius 1 is 1.15 bits per heavy atom. The van der Waals surface area contributed by atoms with Gasteiger partial charge in [-0.1, -0.05) is 54.6 Å². The molecule has 0 saturated carbocycles. The SMILES string of the molecule is CCOC(=O)C(CSCc1ccccc1)N[C@@H](C)C(=O)[C@H]1NC(C(=O)O)Cc2ccccc21. The second-order valence-electron chi connectivity index (χ2n) is 7.99.